The molecule has 0 spiro atoms. The van der Waals surface area contributed by atoms with E-state index in [-0.39, 0.29) is 11.9 Å². The van der Waals surface area contributed by atoms with Crippen molar-refractivity contribution in [1.82, 2.24) is 5.32 Å². The number of hydrogen-bond donors (Lipinski definition) is 1. The normalized spacial score (nSPS) is 15.6. The molecule has 0 radical (unpaired) electrons. The van der Waals surface area contributed by atoms with E-state index in [0.717, 1.165) is 13.1 Å². The van der Waals surface area contributed by atoms with E-state index in [1.54, 1.807) is 7.11 Å². The van der Waals surface area contributed by atoms with Gasteiger partial charge in [0, 0.05) is 20.2 Å². The van der Waals surface area contributed by atoms with Gasteiger partial charge in [-0.2, -0.15) is 0 Å². The van der Waals surface area contributed by atoms with Crippen LogP contribution >= 0.6 is 0 Å². The molecule has 0 amide bonds. The van der Waals surface area contributed by atoms with Crippen LogP contribution in [0.3, 0.4) is 0 Å². The third kappa shape index (κ3) is 6.58. The van der Waals surface area contributed by atoms with Crippen molar-refractivity contribution in [3.8, 4) is 0 Å². The zero-order valence-electron chi connectivity index (χ0n) is 10.3. The van der Waals surface area contributed by atoms with Crippen LogP contribution in [0.4, 0.5) is 0 Å². The van der Waals surface area contributed by atoms with Gasteiger partial charge < -0.3 is 24.3 Å². The Labute approximate surface area is 102 Å². The molecule has 1 heterocycles. The molecule has 17 heavy (non-hydrogen) atoms. The van der Waals surface area contributed by atoms with Crippen LogP contribution in [0.15, 0.2) is 0 Å². The summed E-state index contributed by atoms with van der Waals surface area (Å²) in [5, 5.41) is 3.02. The topological polar surface area (TPSA) is 66.0 Å². The summed E-state index contributed by atoms with van der Waals surface area (Å²) in [5.41, 5.74) is 0. The number of hydrogen-bond acceptors (Lipinski definition) is 6. The van der Waals surface area contributed by atoms with E-state index in [0.29, 0.717) is 39.6 Å². The summed E-state index contributed by atoms with van der Waals surface area (Å²) in [6.45, 7) is 4.39. The Bertz CT molecular complexity index is 208. The predicted molar refractivity (Wildman–Crippen MR) is 60.8 cm³/mol. The second-order valence-electron chi connectivity index (χ2n) is 3.74. The molecule has 0 aliphatic carbocycles. The van der Waals surface area contributed by atoms with Crippen molar-refractivity contribution in [3.05, 3.63) is 0 Å². The van der Waals surface area contributed by atoms with Gasteiger partial charge in [-0.15, -0.1) is 0 Å². The van der Waals surface area contributed by atoms with Crippen LogP contribution < -0.4 is 5.32 Å². The Hall–Kier alpha value is -0.690. The molecular weight excluding hydrogens is 226 g/mol. The van der Waals surface area contributed by atoms with Gasteiger partial charge in [-0.25, -0.2) is 0 Å². The molecular formula is C11H21NO5. The van der Waals surface area contributed by atoms with Crippen molar-refractivity contribution in [2.45, 2.75) is 0 Å². The number of esters is 1. The molecule has 0 aromatic carbocycles. The highest BCUT2D eigenvalue weighted by Crippen LogP contribution is 2.04. The third-order valence-electron chi connectivity index (χ3n) is 2.39. The lowest BCUT2D eigenvalue weighted by molar-refractivity contribution is -0.151. The fourth-order valence-corrected chi connectivity index (χ4v) is 1.24. The minimum absolute atomic E-state index is 0.0346. The van der Waals surface area contributed by atoms with Gasteiger partial charge in [-0.3, -0.25) is 4.79 Å². The Balaban J connectivity index is 1.76. The summed E-state index contributed by atoms with van der Waals surface area (Å²) >= 11 is 0. The highest BCUT2D eigenvalue weighted by atomic mass is 16.6. The molecule has 1 aliphatic heterocycles. The largest absolute Gasteiger partial charge is 0.463 e. The quantitative estimate of drug-likeness (QED) is 0.412. The Kier molecular flexibility index (Phi) is 7.91. The van der Waals surface area contributed by atoms with Crippen LogP contribution in [0.2, 0.25) is 0 Å². The smallest absolute Gasteiger partial charge is 0.311 e. The first-order valence-electron chi connectivity index (χ1n) is 5.86. The van der Waals surface area contributed by atoms with Crippen molar-refractivity contribution in [2.75, 3.05) is 59.8 Å². The maximum absolute atomic E-state index is 11.3. The zero-order chi connectivity index (χ0) is 12.3. The third-order valence-corrected chi connectivity index (χ3v) is 2.39. The van der Waals surface area contributed by atoms with Crippen molar-refractivity contribution < 1.29 is 23.7 Å². The van der Waals surface area contributed by atoms with Crippen LogP contribution in [0.25, 0.3) is 0 Å². The van der Waals surface area contributed by atoms with Gasteiger partial charge in [0.1, 0.15) is 6.61 Å². The monoisotopic (exact) mass is 247 g/mol. The van der Waals surface area contributed by atoms with Crippen LogP contribution in [0.5, 0.6) is 0 Å². The lowest BCUT2D eigenvalue weighted by Crippen LogP contribution is -2.47. The van der Waals surface area contributed by atoms with E-state index in [9.17, 15) is 4.79 Å². The molecule has 1 N–H and O–H groups in total. The number of methoxy groups -OCH3 is 1. The molecule has 6 heteroatoms. The standard InChI is InChI=1S/C11H21NO5/c1-14-2-3-15-4-5-16-6-7-17-11(13)10-8-12-9-10/h10,12H,2-9H2,1H3. The SMILES string of the molecule is COCCOCCOCCOC(=O)C1CNC1. The molecule has 1 rings (SSSR count). The van der Waals surface area contributed by atoms with E-state index in [1.807, 2.05) is 0 Å². The van der Waals surface area contributed by atoms with Crippen molar-refractivity contribution in [1.29, 1.82) is 0 Å². The van der Waals surface area contributed by atoms with Gasteiger partial charge in [0.2, 0.25) is 0 Å². The van der Waals surface area contributed by atoms with E-state index in [1.165, 1.54) is 0 Å². The number of nitrogens with one attached hydrogen (secondary N) is 1. The summed E-state index contributed by atoms with van der Waals surface area (Å²) in [5.74, 6) is -0.101. The fourth-order valence-electron chi connectivity index (χ4n) is 1.24. The fraction of sp³-hybridized carbons (Fsp3) is 0.909. The maximum atomic E-state index is 11.3. The average Bonchev–Trinajstić information content (AvgIpc) is 2.24. The molecule has 0 unspecified atom stereocenters. The van der Waals surface area contributed by atoms with E-state index < -0.39 is 0 Å². The van der Waals surface area contributed by atoms with Gasteiger partial charge in [-0.05, 0) is 0 Å². The highest BCUT2D eigenvalue weighted by molar-refractivity contribution is 5.73. The van der Waals surface area contributed by atoms with Gasteiger partial charge in [0.05, 0.1) is 39.0 Å². The predicted octanol–water partition coefficient (Wildman–Crippen LogP) is -0.571. The molecule has 1 aliphatic rings. The van der Waals surface area contributed by atoms with Crippen LogP contribution in [-0.4, -0.2) is 65.8 Å². The summed E-state index contributed by atoms with van der Waals surface area (Å²) in [6.07, 6.45) is 0. The molecule has 100 valence electrons. The summed E-state index contributed by atoms with van der Waals surface area (Å²) in [7, 11) is 1.63. The molecule has 0 bridgehead atoms. The minimum Gasteiger partial charge on any atom is -0.463 e. The molecule has 6 nitrogen and oxygen atoms in total. The maximum Gasteiger partial charge on any atom is 0.311 e. The van der Waals surface area contributed by atoms with Crippen molar-refractivity contribution in [2.24, 2.45) is 5.92 Å². The lowest BCUT2D eigenvalue weighted by atomic mass is 10.0. The van der Waals surface area contributed by atoms with Crippen LogP contribution in [0.1, 0.15) is 0 Å². The lowest BCUT2D eigenvalue weighted by Gasteiger charge is -2.24. The summed E-state index contributed by atoms with van der Waals surface area (Å²) in [4.78, 5) is 11.3. The zero-order valence-corrected chi connectivity index (χ0v) is 10.3. The summed E-state index contributed by atoms with van der Waals surface area (Å²) in [6, 6.07) is 0. The molecule has 0 saturated carbocycles. The number of ether oxygens (including phenoxy) is 4. The van der Waals surface area contributed by atoms with Crippen LogP contribution in [0, 0.1) is 5.92 Å². The molecule has 0 atom stereocenters. The van der Waals surface area contributed by atoms with Gasteiger partial charge >= 0.3 is 5.97 Å². The number of carbonyl (C=O) groups is 1. The molecule has 0 aromatic heterocycles. The van der Waals surface area contributed by atoms with Crippen molar-refractivity contribution in [3.63, 3.8) is 0 Å². The van der Waals surface area contributed by atoms with Crippen LogP contribution in [-0.2, 0) is 23.7 Å². The first kappa shape index (κ1) is 14.4. The number of carbonyl (C=O) groups excluding carboxylic acids is 1. The average molecular weight is 247 g/mol. The Morgan fingerprint density at radius 2 is 1.65 bits per heavy atom. The molecule has 0 aromatic rings. The number of rotatable bonds is 10. The van der Waals surface area contributed by atoms with Gasteiger partial charge in [-0.1, -0.05) is 0 Å². The second-order valence-corrected chi connectivity index (χ2v) is 3.74. The first-order valence-corrected chi connectivity index (χ1v) is 5.86. The Morgan fingerprint density at radius 1 is 1.06 bits per heavy atom. The van der Waals surface area contributed by atoms with Crippen molar-refractivity contribution >= 4 is 5.97 Å². The first-order chi connectivity index (χ1) is 8.34. The molecule has 1 saturated heterocycles. The Morgan fingerprint density at radius 3 is 2.18 bits per heavy atom. The minimum atomic E-state index is -0.135. The summed E-state index contributed by atoms with van der Waals surface area (Å²) < 4.78 is 20.3. The highest BCUT2D eigenvalue weighted by Gasteiger charge is 2.25. The second kappa shape index (κ2) is 9.35. The van der Waals surface area contributed by atoms with Gasteiger partial charge in [0.15, 0.2) is 0 Å². The van der Waals surface area contributed by atoms with E-state index in [4.69, 9.17) is 18.9 Å². The van der Waals surface area contributed by atoms with E-state index >= 15 is 0 Å². The van der Waals surface area contributed by atoms with E-state index in [2.05, 4.69) is 5.32 Å². The molecule has 1 fully saturated rings. The van der Waals surface area contributed by atoms with Gasteiger partial charge in [0.25, 0.3) is 0 Å².